The van der Waals surface area contributed by atoms with Crippen molar-refractivity contribution in [3.63, 3.8) is 0 Å². The molecule has 8 heteroatoms. The van der Waals surface area contributed by atoms with E-state index in [0.717, 1.165) is 19.5 Å². The first-order chi connectivity index (χ1) is 10.7. The lowest BCUT2D eigenvalue weighted by molar-refractivity contribution is 0.0456. The number of fused-ring (bicyclic) bond motifs is 1. The van der Waals surface area contributed by atoms with Gasteiger partial charge in [0.1, 0.15) is 0 Å². The van der Waals surface area contributed by atoms with Crippen LogP contribution in [-0.2, 0) is 11.2 Å². The zero-order valence-electron chi connectivity index (χ0n) is 12.1. The number of rotatable bonds is 3. The van der Waals surface area contributed by atoms with E-state index in [2.05, 4.69) is 20.1 Å². The number of halogens is 1. The van der Waals surface area contributed by atoms with Crippen molar-refractivity contribution < 1.29 is 13.7 Å². The molecule has 2 aromatic rings. The fourth-order valence-electron chi connectivity index (χ4n) is 3.24. The van der Waals surface area contributed by atoms with Crippen molar-refractivity contribution in [3.05, 3.63) is 29.9 Å². The molecule has 2 aromatic heterocycles. The monoisotopic (exact) mass is 305 g/mol. The molecule has 0 aliphatic carbocycles. The highest BCUT2D eigenvalue weighted by molar-refractivity contribution is 5.32. The average molecular weight is 305 g/mol. The molecule has 2 fully saturated rings. The Kier molecular flexibility index (Phi) is 3.25. The van der Waals surface area contributed by atoms with Crippen LogP contribution in [-0.4, -0.2) is 45.4 Å². The first-order valence-corrected chi connectivity index (χ1v) is 7.34. The summed E-state index contributed by atoms with van der Waals surface area (Å²) in [6, 6.07) is 0. The summed E-state index contributed by atoms with van der Waals surface area (Å²) in [6.45, 7) is 3.36. The van der Waals surface area contributed by atoms with Crippen molar-refractivity contribution >= 4 is 5.95 Å². The van der Waals surface area contributed by atoms with Crippen LogP contribution in [0, 0.1) is 18.7 Å². The lowest BCUT2D eigenvalue weighted by atomic mass is 10.0. The molecule has 22 heavy (non-hydrogen) atoms. The predicted molar refractivity (Wildman–Crippen MR) is 73.7 cm³/mol. The third kappa shape index (κ3) is 2.54. The molecule has 0 N–H and O–H groups in total. The predicted octanol–water partition coefficient (Wildman–Crippen LogP) is 1.14. The lowest BCUT2D eigenvalue weighted by Gasteiger charge is -2.18. The summed E-state index contributed by atoms with van der Waals surface area (Å²) < 4.78 is 24.1. The second-order valence-corrected chi connectivity index (χ2v) is 5.84. The van der Waals surface area contributed by atoms with E-state index in [9.17, 15) is 4.39 Å². The molecular formula is C14H16FN5O2. The molecule has 4 rings (SSSR count). The van der Waals surface area contributed by atoms with Crippen LogP contribution in [0.15, 0.2) is 16.9 Å². The van der Waals surface area contributed by atoms with Gasteiger partial charge in [0.15, 0.2) is 11.6 Å². The number of aryl methyl sites for hydroxylation is 1. The third-order valence-electron chi connectivity index (χ3n) is 4.18. The molecule has 116 valence electrons. The Bertz CT molecular complexity index is 648. The topological polar surface area (TPSA) is 77.2 Å². The Balaban J connectivity index is 1.37. The largest absolute Gasteiger partial charge is 0.372 e. The molecule has 2 saturated heterocycles. The van der Waals surface area contributed by atoms with Crippen molar-refractivity contribution in [3.8, 4) is 0 Å². The zero-order valence-corrected chi connectivity index (χ0v) is 12.1. The quantitative estimate of drug-likeness (QED) is 0.841. The summed E-state index contributed by atoms with van der Waals surface area (Å²) in [5.41, 5.74) is 0. The molecular weight excluding hydrogens is 289 g/mol. The summed E-state index contributed by atoms with van der Waals surface area (Å²) in [7, 11) is 0. The number of aromatic nitrogens is 4. The molecule has 4 heterocycles. The first-order valence-electron chi connectivity index (χ1n) is 7.34. The minimum absolute atomic E-state index is 0.117. The maximum absolute atomic E-state index is 12.9. The molecule has 0 unspecified atom stereocenters. The van der Waals surface area contributed by atoms with E-state index in [1.54, 1.807) is 6.92 Å². The van der Waals surface area contributed by atoms with E-state index in [1.807, 2.05) is 4.90 Å². The van der Waals surface area contributed by atoms with Gasteiger partial charge in [-0.3, -0.25) is 0 Å². The van der Waals surface area contributed by atoms with Gasteiger partial charge < -0.3 is 14.2 Å². The molecule has 0 radical (unpaired) electrons. The number of hydrogen-bond acceptors (Lipinski definition) is 7. The summed E-state index contributed by atoms with van der Waals surface area (Å²) in [6.07, 6.45) is 4.26. The van der Waals surface area contributed by atoms with Gasteiger partial charge in [-0.1, -0.05) is 5.16 Å². The fraction of sp³-hybridized carbons (Fsp3) is 0.571. The minimum Gasteiger partial charge on any atom is -0.372 e. The number of hydrogen-bond donors (Lipinski definition) is 0. The van der Waals surface area contributed by atoms with Crippen LogP contribution in [0.4, 0.5) is 10.3 Å². The van der Waals surface area contributed by atoms with Crippen LogP contribution >= 0.6 is 0 Å². The summed E-state index contributed by atoms with van der Waals surface area (Å²) in [5, 5.41) is 3.79. The van der Waals surface area contributed by atoms with Crippen LogP contribution in [0.5, 0.6) is 0 Å². The Morgan fingerprint density at radius 2 is 2.14 bits per heavy atom. The second-order valence-electron chi connectivity index (χ2n) is 5.84. The van der Waals surface area contributed by atoms with Gasteiger partial charge in [-0.2, -0.15) is 4.98 Å². The number of nitrogens with zero attached hydrogens (tertiary/aromatic N) is 5. The Morgan fingerprint density at radius 3 is 2.82 bits per heavy atom. The molecule has 7 nitrogen and oxygen atoms in total. The minimum atomic E-state index is -0.422. The SMILES string of the molecule is Cc1noc(C[C@@H]2C[C@H]3CN(c4ncc(F)cn4)C[C@H]3O2)n1. The van der Waals surface area contributed by atoms with Gasteiger partial charge in [0, 0.05) is 19.0 Å². The van der Waals surface area contributed by atoms with Crippen molar-refractivity contribution in [2.24, 2.45) is 5.92 Å². The van der Waals surface area contributed by atoms with E-state index >= 15 is 0 Å². The second kappa shape index (κ2) is 5.28. The van der Waals surface area contributed by atoms with Gasteiger partial charge in [0.2, 0.25) is 11.8 Å². The lowest BCUT2D eigenvalue weighted by Crippen LogP contribution is -2.26. The molecule has 2 aliphatic heterocycles. The normalized spacial score (nSPS) is 27.4. The average Bonchev–Trinajstić information content (AvgIpc) is 3.15. The van der Waals surface area contributed by atoms with Crippen LogP contribution in [0.3, 0.4) is 0 Å². The van der Waals surface area contributed by atoms with E-state index in [0.29, 0.717) is 30.0 Å². The van der Waals surface area contributed by atoms with Gasteiger partial charge in [-0.15, -0.1) is 0 Å². The molecule has 0 bridgehead atoms. The third-order valence-corrected chi connectivity index (χ3v) is 4.18. The molecule has 0 spiro atoms. The van der Waals surface area contributed by atoms with Crippen LogP contribution in [0.25, 0.3) is 0 Å². The van der Waals surface area contributed by atoms with Crippen molar-refractivity contribution in [2.75, 3.05) is 18.0 Å². The van der Waals surface area contributed by atoms with Crippen LogP contribution in [0.2, 0.25) is 0 Å². The highest BCUT2D eigenvalue weighted by Gasteiger charge is 2.43. The van der Waals surface area contributed by atoms with E-state index in [1.165, 1.54) is 12.4 Å². The molecule has 2 aliphatic rings. The van der Waals surface area contributed by atoms with Crippen molar-refractivity contribution in [2.45, 2.75) is 32.0 Å². The summed E-state index contributed by atoms with van der Waals surface area (Å²) >= 11 is 0. The fourth-order valence-corrected chi connectivity index (χ4v) is 3.24. The Morgan fingerprint density at radius 1 is 1.32 bits per heavy atom. The Hall–Kier alpha value is -2.09. The zero-order chi connectivity index (χ0) is 15.1. The van der Waals surface area contributed by atoms with Crippen molar-refractivity contribution in [1.29, 1.82) is 0 Å². The number of anilines is 1. The highest BCUT2D eigenvalue weighted by atomic mass is 19.1. The van der Waals surface area contributed by atoms with E-state index in [-0.39, 0.29) is 12.2 Å². The summed E-state index contributed by atoms with van der Waals surface area (Å²) in [4.78, 5) is 14.3. The van der Waals surface area contributed by atoms with Crippen LogP contribution < -0.4 is 4.90 Å². The Labute approximate surface area is 126 Å². The van der Waals surface area contributed by atoms with Gasteiger partial charge >= 0.3 is 0 Å². The van der Waals surface area contributed by atoms with Gasteiger partial charge in [0.05, 0.1) is 31.0 Å². The first kappa shape index (κ1) is 13.6. The highest BCUT2D eigenvalue weighted by Crippen LogP contribution is 2.35. The smallest absolute Gasteiger partial charge is 0.229 e. The summed E-state index contributed by atoms with van der Waals surface area (Å²) in [5.74, 6) is 1.84. The molecule has 0 aromatic carbocycles. The molecule has 0 saturated carbocycles. The van der Waals surface area contributed by atoms with Gasteiger partial charge in [-0.05, 0) is 13.3 Å². The van der Waals surface area contributed by atoms with Crippen molar-refractivity contribution in [1.82, 2.24) is 20.1 Å². The van der Waals surface area contributed by atoms with E-state index < -0.39 is 5.82 Å². The maximum Gasteiger partial charge on any atom is 0.229 e. The molecule has 3 atom stereocenters. The molecule has 0 amide bonds. The van der Waals surface area contributed by atoms with Crippen LogP contribution in [0.1, 0.15) is 18.1 Å². The standard InChI is InChI=1S/C14H16FN5O2/c1-8-18-13(22-19-8)3-11-2-9-6-20(7-12(9)21-11)14-16-4-10(15)5-17-14/h4-5,9,11-12H,2-3,6-7H2,1H3/t9-,11-,12+/m0/s1. The van der Waals surface area contributed by atoms with E-state index in [4.69, 9.17) is 9.26 Å². The number of ether oxygens (including phenoxy) is 1. The van der Waals surface area contributed by atoms with Gasteiger partial charge in [0.25, 0.3) is 0 Å². The maximum atomic E-state index is 12.9. The van der Waals surface area contributed by atoms with Gasteiger partial charge in [-0.25, -0.2) is 14.4 Å².